The van der Waals surface area contributed by atoms with Gasteiger partial charge in [-0.05, 0) is 35.9 Å². The van der Waals surface area contributed by atoms with Crippen molar-refractivity contribution in [2.45, 2.75) is 0 Å². The predicted molar refractivity (Wildman–Crippen MR) is 69.5 cm³/mol. The predicted octanol–water partition coefficient (Wildman–Crippen LogP) is 3.55. The van der Waals surface area contributed by atoms with Crippen LogP contribution in [0.2, 0.25) is 0 Å². The van der Waals surface area contributed by atoms with E-state index in [-0.39, 0.29) is 0 Å². The maximum Gasteiger partial charge on any atom is 0.0816 e. The van der Waals surface area contributed by atoms with Gasteiger partial charge < -0.3 is 5.73 Å². The molecule has 0 aliphatic heterocycles. The highest BCUT2D eigenvalue weighted by atomic mass is 32.1. The molecule has 0 aliphatic rings. The third kappa shape index (κ3) is 1.55. The number of fused-ring (bicyclic) bond motifs is 1. The summed E-state index contributed by atoms with van der Waals surface area (Å²) in [5, 5.41) is 0. The van der Waals surface area contributed by atoms with Crippen LogP contribution in [-0.2, 0) is 0 Å². The van der Waals surface area contributed by atoms with Gasteiger partial charge in [-0.15, -0.1) is 11.3 Å². The molecule has 3 rings (SSSR count). The van der Waals surface area contributed by atoms with Crippen LogP contribution in [0, 0.1) is 0 Å². The average molecular weight is 226 g/mol. The van der Waals surface area contributed by atoms with Gasteiger partial charge in [-0.3, -0.25) is 4.98 Å². The molecular formula is C13H10N2S. The average Bonchev–Trinajstić information content (AvgIpc) is 2.72. The van der Waals surface area contributed by atoms with Crippen LogP contribution in [-0.4, -0.2) is 4.98 Å². The topological polar surface area (TPSA) is 38.9 Å². The molecular weight excluding hydrogens is 216 g/mol. The van der Waals surface area contributed by atoms with Gasteiger partial charge in [-0.2, -0.15) is 0 Å². The molecule has 0 fully saturated rings. The standard InChI is InChI=1S/C13H10N2S/c14-10-4-1-3-9(7-10)13-8-11-12(16-13)5-2-6-15-11/h1-8H,14H2. The molecule has 0 saturated carbocycles. The fourth-order valence-electron chi connectivity index (χ4n) is 1.70. The molecule has 0 aliphatic carbocycles. The highest BCUT2D eigenvalue weighted by Gasteiger charge is 2.04. The molecule has 0 atom stereocenters. The van der Waals surface area contributed by atoms with Crippen LogP contribution >= 0.6 is 11.3 Å². The zero-order valence-corrected chi connectivity index (χ0v) is 9.37. The van der Waals surface area contributed by atoms with Crippen molar-refractivity contribution in [2.75, 3.05) is 5.73 Å². The fraction of sp³-hybridized carbons (Fsp3) is 0. The van der Waals surface area contributed by atoms with Crippen molar-refractivity contribution in [3.63, 3.8) is 0 Å². The number of nitrogen functional groups attached to an aromatic ring is 1. The lowest BCUT2D eigenvalue weighted by atomic mass is 10.1. The van der Waals surface area contributed by atoms with Gasteiger partial charge in [-0.25, -0.2) is 0 Å². The smallest absolute Gasteiger partial charge is 0.0816 e. The van der Waals surface area contributed by atoms with Crippen LogP contribution in [0.4, 0.5) is 5.69 Å². The van der Waals surface area contributed by atoms with Gasteiger partial charge in [0.1, 0.15) is 0 Å². The molecule has 3 heteroatoms. The highest BCUT2D eigenvalue weighted by Crippen LogP contribution is 2.32. The number of thiophene rings is 1. The molecule has 0 unspecified atom stereocenters. The number of rotatable bonds is 1. The van der Waals surface area contributed by atoms with Crippen molar-refractivity contribution in [1.82, 2.24) is 4.98 Å². The maximum atomic E-state index is 5.78. The van der Waals surface area contributed by atoms with Gasteiger partial charge in [0, 0.05) is 16.8 Å². The van der Waals surface area contributed by atoms with Crippen molar-refractivity contribution >= 4 is 27.2 Å². The third-order valence-corrected chi connectivity index (χ3v) is 3.60. The minimum atomic E-state index is 0.794. The first-order valence-corrected chi connectivity index (χ1v) is 5.85. The summed E-state index contributed by atoms with van der Waals surface area (Å²) < 4.78 is 1.21. The first-order chi connectivity index (χ1) is 7.83. The molecule has 2 aromatic heterocycles. The summed E-state index contributed by atoms with van der Waals surface area (Å²) in [6.45, 7) is 0. The molecule has 2 heterocycles. The lowest BCUT2D eigenvalue weighted by molar-refractivity contribution is 1.43. The van der Waals surface area contributed by atoms with E-state index in [1.165, 1.54) is 9.58 Å². The van der Waals surface area contributed by atoms with Crippen molar-refractivity contribution in [3.8, 4) is 10.4 Å². The molecule has 1 aromatic carbocycles. The Bertz CT molecular complexity index is 610. The summed E-state index contributed by atoms with van der Waals surface area (Å²) >= 11 is 1.74. The largest absolute Gasteiger partial charge is 0.399 e. The summed E-state index contributed by atoms with van der Waals surface area (Å²) in [7, 11) is 0. The van der Waals surface area contributed by atoms with Crippen molar-refractivity contribution in [2.24, 2.45) is 0 Å². The lowest BCUT2D eigenvalue weighted by Gasteiger charge is -1.97. The van der Waals surface area contributed by atoms with Crippen LogP contribution in [0.15, 0.2) is 48.7 Å². The number of nitrogens with two attached hydrogens (primary N) is 1. The summed E-state index contributed by atoms with van der Waals surface area (Å²) in [5.74, 6) is 0. The Balaban J connectivity index is 2.19. The SMILES string of the molecule is Nc1cccc(-c2cc3ncccc3s2)c1. The molecule has 78 valence electrons. The number of aromatic nitrogens is 1. The Hall–Kier alpha value is -1.87. The number of nitrogens with zero attached hydrogens (tertiary/aromatic N) is 1. The van der Waals surface area contributed by atoms with Gasteiger partial charge in [0.15, 0.2) is 0 Å². The summed E-state index contributed by atoms with van der Waals surface area (Å²) in [6.07, 6.45) is 1.82. The normalized spacial score (nSPS) is 10.8. The van der Waals surface area contributed by atoms with E-state index in [0.717, 1.165) is 16.8 Å². The van der Waals surface area contributed by atoms with E-state index >= 15 is 0 Å². The number of pyridine rings is 1. The Morgan fingerprint density at radius 3 is 2.81 bits per heavy atom. The van der Waals surface area contributed by atoms with E-state index in [9.17, 15) is 0 Å². The van der Waals surface area contributed by atoms with Gasteiger partial charge in [0.05, 0.1) is 10.2 Å². The van der Waals surface area contributed by atoms with Crippen LogP contribution in [0.3, 0.4) is 0 Å². The van der Waals surface area contributed by atoms with E-state index in [4.69, 9.17) is 5.73 Å². The molecule has 0 spiro atoms. The second-order valence-corrected chi connectivity index (χ2v) is 4.71. The van der Waals surface area contributed by atoms with Gasteiger partial charge in [0.25, 0.3) is 0 Å². The van der Waals surface area contributed by atoms with E-state index in [2.05, 4.69) is 23.2 Å². The molecule has 16 heavy (non-hydrogen) atoms. The quantitative estimate of drug-likeness (QED) is 0.644. The lowest BCUT2D eigenvalue weighted by Crippen LogP contribution is -1.83. The second kappa shape index (κ2) is 3.61. The fourth-order valence-corrected chi connectivity index (χ4v) is 2.72. The number of anilines is 1. The molecule has 0 saturated heterocycles. The molecule has 0 bridgehead atoms. The maximum absolute atomic E-state index is 5.78. The monoisotopic (exact) mass is 226 g/mol. The Labute approximate surface area is 97.4 Å². The third-order valence-electron chi connectivity index (χ3n) is 2.46. The van der Waals surface area contributed by atoms with Crippen LogP contribution in [0.25, 0.3) is 20.7 Å². The van der Waals surface area contributed by atoms with Crippen LogP contribution in [0.5, 0.6) is 0 Å². The zero-order valence-electron chi connectivity index (χ0n) is 8.55. The summed E-state index contributed by atoms with van der Waals surface area (Å²) in [5.41, 5.74) is 8.78. The van der Waals surface area contributed by atoms with E-state index in [1.807, 2.05) is 30.5 Å². The summed E-state index contributed by atoms with van der Waals surface area (Å²) in [6, 6.07) is 14.1. The van der Waals surface area contributed by atoms with E-state index < -0.39 is 0 Å². The molecule has 3 aromatic rings. The molecule has 2 nitrogen and oxygen atoms in total. The van der Waals surface area contributed by atoms with Crippen LogP contribution in [0.1, 0.15) is 0 Å². The van der Waals surface area contributed by atoms with Crippen molar-refractivity contribution in [3.05, 3.63) is 48.7 Å². The molecule has 0 amide bonds. The Morgan fingerprint density at radius 2 is 2.00 bits per heavy atom. The van der Waals surface area contributed by atoms with Gasteiger partial charge in [0.2, 0.25) is 0 Å². The van der Waals surface area contributed by atoms with Crippen LogP contribution < -0.4 is 5.73 Å². The second-order valence-electron chi connectivity index (χ2n) is 3.62. The minimum Gasteiger partial charge on any atom is -0.399 e. The Kier molecular flexibility index (Phi) is 2.11. The molecule has 2 N–H and O–H groups in total. The van der Waals surface area contributed by atoms with Crippen molar-refractivity contribution < 1.29 is 0 Å². The van der Waals surface area contributed by atoms with E-state index in [0.29, 0.717) is 0 Å². The summed E-state index contributed by atoms with van der Waals surface area (Å²) in [4.78, 5) is 5.54. The Morgan fingerprint density at radius 1 is 1.06 bits per heavy atom. The van der Waals surface area contributed by atoms with Gasteiger partial charge >= 0.3 is 0 Å². The minimum absolute atomic E-state index is 0.794. The molecule has 0 radical (unpaired) electrons. The highest BCUT2D eigenvalue weighted by molar-refractivity contribution is 7.22. The number of benzene rings is 1. The number of hydrogen-bond donors (Lipinski definition) is 1. The zero-order chi connectivity index (χ0) is 11.0. The first-order valence-electron chi connectivity index (χ1n) is 5.03. The first kappa shape index (κ1) is 9.36. The van der Waals surface area contributed by atoms with Gasteiger partial charge in [-0.1, -0.05) is 12.1 Å². The van der Waals surface area contributed by atoms with E-state index in [1.54, 1.807) is 11.3 Å². The van der Waals surface area contributed by atoms with Crippen molar-refractivity contribution in [1.29, 1.82) is 0 Å². The number of hydrogen-bond acceptors (Lipinski definition) is 3.